The van der Waals surface area contributed by atoms with E-state index in [-0.39, 0.29) is 8.46 Å². The molecule has 0 amide bonds. The van der Waals surface area contributed by atoms with E-state index in [1.54, 1.807) is 0 Å². The Morgan fingerprint density at radius 3 is 2.44 bits per heavy atom. The van der Waals surface area contributed by atoms with Crippen molar-refractivity contribution in [3.63, 3.8) is 0 Å². The third-order valence-corrected chi connectivity index (χ3v) is 1.67. The second kappa shape index (κ2) is 3.37. The molecule has 0 aliphatic rings. The summed E-state index contributed by atoms with van der Waals surface area (Å²) in [6.45, 7) is 0. The molecule has 0 saturated heterocycles. The van der Waals surface area contributed by atoms with Crippen LogP contribution < -0.4 is 0 Å². The molecular weight excluding hydrogens is 131 g/mol. The van der Waals surface area contributed by atoms with Crippen molar-refractivity contribution < 1.29 is 4.57 Å². The van der Waals surface area contributed by atoms with Crippen LogP contribution in [-0.4, -0.2) is 0 Å². The van der Waals surface area contributed by atoms with Gasteiger partial charge >= 0.3 is 8.46 Å². The lowest BCUT2D eigenvalue weighted by molar-refractivity contribution is 0.598. The van der Waals surface area contributed by atoms with Crippen LogP contribution in [0, 0.1) is 0 Å². The largest absolute Gasteiger partial charge is 0.329 e. The Kier molecular flexibility index (Phi) is 2.41. The zero-order valence-electron chi connectivity index (χ0n) is 5.00. The van der Waals surface area contributed by atoms with E-state index in [9.17, 15) is 4.57 Å². The molecule has 1 aromatic carbocycles. The van der Waals surface area contributed by atoms with E-state index in [4.69, 9.17) is 0 Å². The smallest absolute Gasteiger partial charge is 0.0771 e. The number of hydrogen-bond acceptors (Lipinski definition) is 1. The first-order valence-electron chi connectivity index (χ1n) is 2.82. The molecule has 0 heterocycles. The SMILES string of the molecule is O=[PH+]Cc1ccccc1. The zero-order chi connectivity index (χ0) is 6.53. The highest BCUT2D eigenvalue weighted by molar-refractivity contribution is 7.22. The van der Waals surface area contributed by atoms with Gasteiger partial charge in [0.2, 0.25) is 0 Å². The average molecular weight is 139 g/mol. The Morgan fingerprint density at radius 1 is 1.22 bits per heavy atom. The highest BCUT2D eigenvalue weighted by Gasteiger charge is 1.92. The summed E-state index contributed by atoms with van der Waals surface area (Å²) in [4.78, 5) is 0. The van der Waals surface area contributed by atoms with Crippen LogP contribution in [0.15, 0.2) is 30.3 Å². The van der Waals surface area contributed by atoms with Crippen molar-refractivity contribution in [2.24, 2.45) is 0 Å². The standard InChI is InChI=1S/C7H7OP/c8-9-6-7-4-2-1-3-5-7/h1-5H,6H2/p+1. The average Bonchev–Trinajstić information content (AvgIpc) is 1.91. The Bertz CT molecular complexity index is 183. The van der Waals surface area contributed by atoms with Gasteiger partial charge in [-0.1, -0.05) is 34.9 Å². The molecule has 0 saturated carbocycles. The molecule has 1 unspecified atom stereocenters. The van der Waals surface area contributed by atoms with Gasteiger partial charge in [-0.15, -0.1) is 0 Å². The fourth-order valence-electron chi connectivity index (χ4n) is 0.679. The van der Waals surface area contributed by atoms with Crippen LogP contribution in [0.1, 0.15) is 5.56 Å². The molecule has 2 heteroatoms. The lowest BCUT2D eigenvalue weighted by Gasteiger charge is -1.84. The van der Waals surface area contributed by atoms with Crippen molar-refractivity contribution >= 4 is 8.46 Å². The van der Waals surface area contributed by atoms with Gasteiger partial charge in [0.15, 0.2) is 6.16 Å². The van der Waals surface area contributed by atoms with Crippen molar-refractivity contribution in [2.75, 3.05) is 0 Å². The monoisotopic (exact) mass is 139 g/mol. The molecule has 9 heavy (non-hydrogen) atoms. The number of hydrogen-bond donors (Lipinski definition) is 0. The first-order chi connectivity index (χ1) is 4.43. The van der Waals surface area contributed by atoms with Gasteiger partial charge in [0.05, 0.1) is 0 Å². The zero-order valence-corrected chi connectivity index (χ0v) is 6.00. The topological polar surface area (TPSA) is 17.1 Å². The molecule has 1 rings (SSSR count). The minimum Gasteiger partial charge on any atom is -0.0771 e. The second-order valence-corrected chi connectivity index (χ2v) is 2.45. The van der Waals surface area contributed by atoms with Crippen LogP contribution in [-0.2, 0) is 10.7 Å². The Hall–Kier alpha value is -0.680. The highest BCUT2D eigenvalue weighted by atomic mass is 31.1. The summed E-state index contributed by atoms with van der Waals surface area (Å²) in [6, 6.07) is 9.82. The maximum atomic E-state index is 10.1. The molecule has 1 nitrogen and oxygen atoms in total. The number of benzene rings is 1. The van der Waals surface area contributed by atoms with E-state index in [1.807, 2.05) is 30.3 Å². The van der Waals surface area contributed by atoms with Crippen molar-refractivity contribution in [1.82, 2.24) is 0 Å². The van der Waals surface area contributed by atoms with E-state index in [0.717, 1.165) is 5.56 Å². The van der Waals surface area contributed by atoms with Gasteiger partial charge in [0.1, 0.15) is 0 Å². The van der Waals surface area contributed by atoms with Gasteiger partial charge in [-0.25, -0.2) is 0 Å². The van der Waals surface area contributed by atoms with Gasteiger partial charge in [-0.3, -0.25) is 0 Å². The van der Waals surface area contributed by atoms with E-state index >= 15 is 0 Å². The van der Waals surface area contributed by atoms with Gasteiger partial charge in [0, 0.05) is 0 Å². The van der Waals surface area contributed by atoms with E-state index < -0.39 is 0 Å². The Labute approximate surface area is 55.9 Å². The van der Waals surface area contributed by atoms with Crippen LogP contribution in [0.4, 0.5) is 0 Å². The maximum absolute atomic E-state index is 10.1. The maximum Gasteiger partial charge on any atom is 0.329 e. The third kappa shape index (κ3) is 1.95. The minimum absolute atomic E-state index is 0.215. The number of rotatable bonds is 2. The Balaban J connectivity index is 2.72. The molecule has 46 valence electrons. The van der Waals surface area contributed by atoms with E-state index in [1.165, 1.54) is 0 Å². The summed E-state index contributed by atoms with van der Waals surface area (Å²) >= 11 is 0. The summed E-state index contributed by atoms with van der Waals surface area (Å²) in [5.41, 5.74) is 1.14. The van der Waals surface area contributed by atoms with Crippen LogP contribution in [0.25, 0.3) is 0 Å². The van der Waals surface area contributed by atoms with Gasteiger partial charge < -0.3 is 0 Å². The third-order valence-electron chi connectivity index (χ3n) is 1.12. The van der Waals surface area contributed by atoms with Crippen molar-refractivity contribution in [3.05, 3.63) is 35.9 Å². The normalized spacial score (nSPS) is 9.78. The molecule has 0 spiro atoms. The fraction of sp³-hybridized carbons (Fsp3) is 0.143. The van der Waals surface area contributed by atoms with Gasteiger partial charge in [0.25, 0.3) is 0 Å². The summed E-state index contributed by atoms with van der Waals surface area (Å²) < 4.78 is 10.1. The van der Waals surface area contributed by atoms with E-state index in [0.29, 0.717) is 6.16 Å². The second-order valence-electron chi connectivity index (χ2n) is 1.81. The van der Waals surface area contributed by atoms with Crippen molar-refractivity contribution in [3.8, 4) is 0 Å². The fourth-order valence-corrected chi connectivity index (χ4v) is 1.08. The molecule has 0 aliphatic carbocycles. The van der Waals surface area contributed by atoms with Gasteiger partial charge in [-0.05, 0) is 5.56 Å². The first kappa shape index (κ1) is 6.44. The van der Waals surface area contributed by atoms with Crippen LogP contribution in [0.2, 0.25) is 0 Å². The van der Waals surface area contributed by atoms with Crippen molar-refractivity contribution in [2.45, 2.75) is 6.16 Å². The molecule has 0 aliphatic heterocycles. The van der Waals surface area contributed by atoms with Crippen molar-refractivity contribution in [1.29, 1.82) is 0 Å². The quantitative estimate of drug-likeness (QED) is 0.574. The molecule has 0 radical (unpaired) electrons. The summed E-state index contributed by atoms with van der Waals surface area (Å²) in [5.74, 6) is 0. The lowest BCUT2D eigenvalue weighted by atomic mass is 10.2. The lowest BCUT2D eigenvalue weighted by Crippen LogP contribution is -1.71. The van der Waals surface area contributed by atoms with Crippen LogP contribution in [0.5, 0.6) is 0 Å². The predicted octanol–water partition coefficient (Wildman–Crippen LogP) is 2.21. The first-order valence-corrected chi connectivity index (χ1v) is 3.94. The predicted molar refractivity (Wildman–Crippen MR) is 39.1 cm³/mol. The molecule has 0 fully saturated rings. The molecule has 0 bridgehead atoms. The highest BCUT2D eigenvalue weighted by Crippen LogP contribution is 2.06. The molecule has 0 aromatic heterocycles. The minimum atomic E-state index is -0.215. The van der Waals surface area contributed by atoms with Crippen LogP contribution in [0.3, 0.4) is 0 Å². The summed E-state index contributed by atoms with van der Waals surface area (Å²) in [6.07, 6.45) is 0.681. The molecule has 1 atom stereocenters. The Morgan fingerprint density at radius 2 is 1.89 bits per heavy atom. The van der Waals surface area contributed by atoms with E-state index in [2.05, 4.69) is 0 Å². The van der Waals surface area contributed by atoms with Crippen LogP contribution >= 0.6 is 8.46 Å². The summed E-state index contributed by atoms with van der Waals surface area (Å²) in [5, 5.41) is 0. The molecule has 0 N–H and O–H groups in total. The molecular formula is C7H8OP+. The molecule has 1 aromatic rings. The van der Waals surface area contributed by atoms with Gasteiger partial charge in [-0.2, -0.15) is 0 Å². The summed E-state index contributed by atoms with van der Waals surface area (Å²) in [7, 11) is -0.215.